The van der Waals surface area contributed by atoms with Gasteiger partial charge in [-0.3, -0.25) is 4.79 Å². The average Bonchev–Trinajstić information content (AvgIpc) is 2.86. The fraction of sp³-hybridized carbons (Fsp3) is 0.278. The molecule has 0 saturated carbocycles. The number of anilines is 1. The molecule has 0 aromatic heterocycles. The maximum absolute atomic E-state index is 13.0. The minimum atomic E-state index is -3.72. The first-order chi connectivity index (χ1) is 12.3. The number of carbonyl (C=O) groups is 1. The van der Waals surface area contributed by atoms with Crippen LogP contribution in [-0.2, 0) is 21.5 Å². The van der Waals surface area contributed by atoms with Crippen LogP contribution in [0.5, 0.6) is 0 Å². The van der Waals surface area contributed by atoms with Crippen LogP contribution < -0.4 is 5.32 Å². The molecule has 0 radical (unpaired) electrons. The standard InChI is InChI=1S/C18H20FN3O3S/c1-14-2-8-17(9-3-14)20-18(23)13-22-11-10-21(26(22,24)25)12-15-4-6-16(19)7-5-15/h2-9H,10-13H2,1H3,(H,20,23). The van der Waals surface area contributed by atoms with Crippen molar-refractivity contribution in [1.82, 2.24) is 8.61 Å². The van der Waals surface area contributed by atoms with Crippen molar-refractivity contribution in [2.45, 2.75) is 13.5 Å². The highest BCUT2D eigenvalue weighted by atomic mass is 32.2. The van der Waals surface area contributed by atoms with Crippen molar-refractivity contribution in [2.75, 3.05) is 25.0 Å². The Morgan fingerprint density at radius 1 is 1.04 bits per heavy atom. The Morgan fingerprint density at radius 2 is 1.65 bits per heavy atom. The highest BCUT2D eigenvalue weighted by Crippen LogP contribution is 2.20. The summed E-state index contributed by atoms with van der Waals surface area (Å²) in [5.41, 5.74) is 2.39. The number of nitrogens with one attached hydrogen (secondary N) is 1. The summed E-state index contributed by atoms with van der Waals surface area (Å²) < 4.78 is 40.6. The van der Waals surface area contributed by atoms with Crippen LogP contribution in [0.3, 0.4) is 0 Å². The first kappa shape index (κ1) is 18.5. The van der Waals surface area contributed by atoms with Crippen LogP contribution in [0.4, 0.5) is 10.1 Å². The Morgan fingerprint density at radius 3 is 2.31 bits per heavy atom. The van der Waals surface area contributed by atoms with Crippen molar-refractivity contribution >= 4 is 21.8 Å². The zero-order valence-electron chi connectivity index (χ0n) is 14.4. The van der Waals surface area contributed by atoms with Gasteiger partial charge in [-0.25, -0.2) is 4.39 Å². The fourth-order valence-electron chi connectivity index (χ4n) is 2.73. The number of amides is 1. The van der Waals surface area contributed by atoms with E-state index in [0.717, 1.165) is 9.87 Å². The molecule has 2 aromatic carbocycles. The zero-order chi connectivity index (χ0) is 18.7. The minimum Gasteiger partial charge on any atom is -0.325 e. The smallest absolute Gasteiger partial charge is 0.282 e. The molecule has 26 heavy (non-hydrogen) atoms. The Bertz CT molecular complexity index is 883. The van der Waals surface area contributed by atoms with Crippen molar-refractivity contribution in [3.05, 3.63) is 65.5 Å². The quantitative estimate of drug-likeness (QED) is 0.868. The lowest BCUT2D eigenvalue weighted by Crippen LogP contribution is -2.37. The molecular weight excluding hydrogens is 357 g/mol. The number of aryl methyl sites for hydroxylation is 1. The van der Waals surface area contributed by atoms with Crippen LogP contribution in [-0.4, -0.2) is 42.6 Å². The summed E-state index contributed by atoms with van der Waals surface area (Å²) in [5.74, 6) is -0.756. The summed E-state index contributed by atoms with van der Waals surface area (Å²) in [6.07, 6.45) is 0. The predicted octanol–water partition coefficient (Wildman–Crippen LogP) is 2.14. The van der Waals surface area contributed by atoms with Gasteiger partial charge in [-0.2, -0.15) is 17.0 Å². The van der Waals surface area contributed by atoms with Crippen LogP contribution in [0.1, 0.15) is 11.1 Å². The molecule has 138 valence electrons. The summed E-state index contributed by atoms with van der Waals surface area (Å²) in [7, 11) is -3.72. The Labute approximate surface area is 152 Å². The monoisotopic (exact) mass is 377 g/mol. The molecule has 0 unspecified atom stereocenters. The van der Waals surface area contributed by atoms with Gasteiger partial charge in [0.05, 0.1) is 6.54 Å². The van der Waals surface area contributed by atoms with Crippen LogP contribution in [0.2, 0.25) is 0 Å². The maximum Gasteiger partial charge on any atom is 0.282 e. The summed E-state index contributed by atoms with van der Waals surface area (Å²) in [6.45, 7) is 2.38. The highest BCUT2D eigenvalue weighted by molar-refractivity contribution is 7.87. The molecule has 1 saturated heterocycles. The van der Waals surface area contributed by atoms with E-state index in [1.165, 1.54) is 16.4 Å². The summed E-state index contributed by atoms with van der Waals surface area (Å²) in [6, 6.07) is 13.0. The van der Waals surface area contributed by atoms with E-state index in [1.807, 2.05) is 19.1 Å². The van der Waals surface area contributed by atoms with Crippen LogP contribution in [0.25, 0.3) is 0 Å². The fourth-order valence-corrected chi connectivity index (χ4v) is 4.27. The molecule has 1 aliphatic heterocycles. The molecule has 0 spiro atoms. The third-order valence-corrected chi connectivity index (χ3v) is 6.11. The van der Waals surface area contributed by atoms with Gasteiger partial charge in [-0.1, -0.05) is 29.8 Å². The Kier molecular flexibility index (Phi) is 5.36. The molecule has 1 aliphatic rings. The van der Waals surface area contributed by atoms with E-state index in [2.05, 4.69) is 5.32 Å². The van der Waals surface area contributed by atoms with Gasteiger partial charge in [0.15, 0.2) is 0 Å². The molecular formula is C18H20FN3O3S. The second-order valence-corrected chi connectivity index (χ2v) is 8.14. The van der Waals surface area contributed by atoms with Gasteiger partial charge in [-0.05, 0) is 36.8 Å². The van der Waals surface area contributed by atoms with Crippen molar-refractivity contribution in [3.8, 4) is 0 Å². The van der Waals surface area contributed by atoms with Gasteiger partial charge >= 0.3 is 0 Å². The van der Waals surface area contributed by atoms with Crippen molar-refractivity contribution < 1.29 is 17.6 Å². The van der Waals surface area contributed by atoms with Crippen LogP contribution in [0.15, 0.2) is 48.5 Å². The Balaban J connectivity index is 1.61. The lowest BCUT2D eigenvalue weighted by Gasteiger charge is -2.18. The second kappa shape index (κ2) is 7.53. The summed E-state index contributed by atoms with van der Waals surface area (Å²) in [5, 5.41) is 2.70. The molecule has 6 nitrogen and oxygen atoms in total. The molecule has 1 N–H and O–H groups in total. The lowest BCUT2D eigenvalue weighted by atomic mass is 10.2. The topological polar surface area (TPSA) is 69.7 Å². The van der Waals surface area contributed by atoms with E-state index in [4.69, 9.17) is 0 Å². The SMILES string of the molecule is Cc1ccc(NC(=O)CN2CCN(Cc3ccc(F)cc3)S2(=O)=O)cc1. The molecule has 2 aromatic rings. The van der Waals surface area contributed by atoms with Crippen LogP contribution in [0, 0.1) is 12.7 Å². The highest BCUT2D eigenvalue weighted by Gasteiger charge is 2.37. The molecule has 8 heteroatoms. The van der Waals surface area contributed by atoms with Gasteiger partial charge < -0.3 is 5.32 Å². The maximum atomic E-state index is 13.0. The third kappa shape index (κ3) is 4.27. The zero-order valence-corrected chi connectivity index (χ0v) is 15.2. The van der Waals surface area contributed by atoms with E-state index >= 15 is 0 Å². The molecule has 1 heterocycles. The first-order valence-corrected chi connectivity index (χ1v) is 9.60. The van der Waals surface area contributed by atoms with E-state index in [9.17, 15) is 17.6 Å². The number of rotatable bonds is 5. The first-order valence-electron chi connectivity index (χ1n) is 8.21. The number of benzene rings is 2. The van der Waals surface area contributed by atoms with Gasteiger partial charge in [-0.15, -0.1) is 0 Å². The summed E-state index contributed by atoms with van der Waals surface area (Å²) >= 11 is 0. The van der Waals surface area contributed by atoms with Crippen molar-refractivity contribution in [1.29, 1.82) is 0 Å². The molecule has 3 rings (SSSR count). The number of carbonyl (C=O) groups excluding carboxylic acids is 1. The number of hydrogen-bond acceptors (Lipinski definition) is 3. The summed E-state index contributed by atoms with van der Waals surface area (Å²) in [4.78, 5) is 12.2. The normalized spacial score (nSPS) is 17.3. The second-order valence-electron chi connectivity index (χ2n) is 6.22. The molecule has 0 bridgehead atoms. The number of halogens is 1. The average molecular weight is 377 g/mol. The Hall–Kier alpha value is -2.29. The van der Waals surface area contributed by atoms with E-state index < -0.39 is 10.2 Å². The largest absolute Gasteiger partial charge is 0.325 e. The third-order valence-electron chi connectivity index (χ3n) is 4.18. The van der Waals surface area contributed by atoms with E-state index in [1.54, 1.807) is 24.3 Å². The van der Waals surface area contributed by atoms with Crippen molar-refractivity contribution in [3.63, 3.8) is 0 Å². The lowest BCUT2D eigenvalue weighted by molar-refractivity contribution is -0.116. The minimum absolute atomic E-state index is 0.151. The van der Waals surface area contributed by atoms with Gasteiger partial charge in [0.1, 0.15) is 5.82 Å². The number of hydrogen-bond donors (Lipinski definition) is 1. The molecule has 0 aliphatic carbocycles. The van der Waals surface area contributed by atoms with Gasteiger partial charge in [0, 0.05) is 25.3 Å². The van der Waals surface area contributed by atoms with Gasteiger partial charge in [0.2, 0.25) is 5.91 Å². The predicted molar refractivity (Wildman–Crippen MR) is 97.1 cm³/mol. The molecule has 1 fully saturated rings. The van der Waals surface area contributed by atoms with Gasteiger partial charge in [0.25, 0.3) is 10.2 Å². The number of nitrogens with zero attached hydrogens (tertiary/aromatic N) is 2. The van der Waals surface area contributed by atoms with E-state index in [-0.39, 0.29) is 37.9 Å². The van der Waals surface area contributed by atoms with E-state index in [0.29, 0.717) is 11.3 Å². The molecule has 1 amide bonds. The van der Waals surface area contributed by atoms with Crippen LogP contribution >= 0.6 is 0 Å². The molecule has 0 atom stereocenters. The van der Waals surface area contributed by atoms with Crippen molar-refractivity contribution in [2.24, 2.45) is 0 Å².